The second-order valence-corrected chi connectivity index (χ2v) is 6.55. The molecule has 26 heavy (non-hydrogen) atoms. The summed E-state index contributed by atoms with van der Waals surface area (Å²) in [7, 11) is 1.55. The molecular formula is C18H15Cl2N3O3. The number of hydrogen-bond acceptors (Lipinski definition) is 4. The number of likely N-dealkylation sites (N-methyl/N-ethyl adjacent to an activating group) is 1. The third kappa shape index (κ3) is 2.98. The summed E-state index contributed by atoms with van der Waals surface area (Å²) in [6, 6.07) is 13.0. The number of carboxylic acids is 1. The van der Waals surface area contributed by atoms with E-state index in [-0.39, 0.29) is 11.3 Å². The van der Waals surface area contributed by atoms with Crippen LogP contribution in [0.1, 0.15) is 11.6 Å². The molecule has 1 heterocycles. The SMILES string of the molecule is CN1C(C(=O)O)=C(C(N)=O)C(c2ccc(Cl)cc2)N1c1ccccc1Cl. The molecule has 1 amide bonds. The zero-order chi connectivity index (χ0) is 19.0. The number of carbonyl (C=O) groups excluding carboxylic acids is 1. The molecule has 0 saturated heterocycles. The Balaban J connectivity index is 2.26. The van der Waals surface area contributed by atoms with Gasteiger partial charge in [0.05, 0.1) is 16.3 Å². The standard InChI is InChI=1S/C18H15Cl2N3O3/c1-22-16(18(25)26)14(17(21)24)15(10-6-8-11(19)9-7-10)23(22)13-5-3-2-4-12(13)20/h2-9,15H,1H3,(H2,21,24)(H,25,26). The van der Waals surface area contributed by atoms with Crippen LogP contribution < -0.4 is 10.7 Å². The molecule has 8 heteroatoms. The van der Waals surface area contributed by atoms with Crippen molar-refractivity contribution in [1.82, 2.24) is 5.01 Å². The molecule has 0 spiro atoms. The molecule has 0 aliphatic carbocycles. The molecular weight excluding hydrogens is 377 g/mol. The third-order valence-corrected chi connectivity index (χ3v) is 4.74. The lowest BCUT2D eigenvalue weighted by Gasteiger charge is -2.35. The van der Waals surface area contributed by atoms with Gasteiger partial charge in [0.15, 0.2) is 5.70 Å². The Labute approximate surface area is 160 Å². The van der Waals surface area contributed by atoms with Gasteiger partial charge in [0, 0.05) is 12.1 Å². The van der Waals surface area contributed by atoms with Crippen LogP contribution >= 0.6 is 23.2 Å². The van der Waals surface area contributed by atoms with E-state index in [0.717, 1.165) is 0 Å². The minimum atomic E-state index is -1.25. The van der Waals surface area contributed by atoms with Crippen molar-refractivity contribution in [1.29, 1.82) is 0 Å². The molecule has 1 atom stereocenters. The summed E-state index contributed by atoms with van der Waals surface area (Å²) < 4.78 is 0. The molecule has 0 fully saturated rings. The highest BCUT2D eigenvalue weighted by molar-refractivity contribution is 6.33. The van der Waals surface area contributed by atoms with Crippen LogP contribution in [0.4, 0.5) is 5.69 Å². The van der Waals surface area contributed by atoms with E-state index in [2.05, 4.69) is 0 Å². The van der Waals surface area contributed by atoms with Gasteiger partial charge in [0.2, 0.25) is 5.91 Å². The normalized spacial score (nSPS) is 17.0. The summed E-state index contributed by atoms with van der Waals surface area (Å²) in [5.41, 5.74) is 6.54. The van der Waals surface area contributed by atoms with Crippen molar-refractivity contribution >= 4 is 40.8 Å². The van der Waals surface area contributed by atoms with Gasteiger partial charge in [-0.3, -0.25) is 14.8 Å². The molecule has 1 aliphatic heterocycles. The van der Waals surface area contributed by atoms with Crippen LogP contribution in [0.5, 0.6) is 0 Å². The highest BCUT2D eigenvalue weighted by atomic mass is 35.5. The summed E-state index contributed by atoms with van der Waals surface area (Å²) in [5, 5.41) is 13.6. The average molecular weight is 392 g/mol. The van der Waals surface area contributed by atoms with Gasteiger partial charge in [-0.15, -0.1) is 0 Å². The van der Waals surface area contributed by atoms with Gasteiger partial charge in [-0.1, -0.05) is 47.5 Å². The molecule has 2 aromatic carbocycles. The number of para-hydroxylation sites is 1. The van der Waals surface area contributed by atoms with E-state index in [9.17, 15) is 14.7 Å². The second kappa shape index (κ2) is 6.90. The molecule has 0 radical (unpaired) electrons. The number of amides is 1. The van der Waals surface area contributed by atoms with Crippen LogP contribution in [0, 0.1) is 0 Å². The van der Waals surface area contributed by atoms with Crippen LogP contribution in [0.25, 0.3) is 0 Å². The first kappa shape index (κ1) is 18.1. The van der Waals surface area contributed by atoms with Gasteiger partial charge in [0.25, 0.3) is 0 Å². The second-order valence-electron chi connectivity index (χ2n) is 5.71. The lowest BCUT2D eigenvalue weighted by atomic mass is 9.97. The summed E-state index contributed by atoms with van der Waals surface area (Å²) in [5.74, 6) is -2.07. The predicted octanol–water partition coefficient (Wildman–Crippen LogP) is 3.23. The lowest BCUT2D eigenvalue weighted by Crippen LogP contribution is -2.38. The number of nitrogens with zero attached hydrogens (tertiary/aromatic N) is 2. The number of benzene rings is 2. The molecule has 1 aliphatic rings. The van der Waals surface area contributed by atoms with Crippen molar-refractivity contribution in [2.24, 2.45) is 5.73 Å². The lowest BCUT2D eigenvalue weighted by molar-refractivity contribution is -0.134. The first-order valence-electron chi connectivity index (χ1n) is 7.63. The number of carbonyl (C=O) groups is 2. The number of halogens is 2. The highest BCUT2D eigenvalue weighted by Gasteiger charge is 2.44. The van der Waals surface area contributed by atoms with Gasteiger partial charge >= 0.3 is 5.97 Å². The van der Waals surface area contributed by atoms with Crippen molar-refractivity contribution in [2.45, 2.75) is 6.04 Å². The maximum absolute atomic E-state index is 12.2. The maximum atomic E-state index is 12.2. The van der Waals surface area contributed by atoms with Crippen molar-refractivity contribution in [3.8, 4) is 0 Å². The van der Waals surface area contributed by atoms with Crippen LogP contribution in [0.15, 0.2) is 59.8 Å². The van der Waals surface area contributed by atoms with Crippen molar-refractivity contribution in [3.63, 3.8) is 0 Å². The molecule has 2 aromatic rings. The van der Waals surface area contributed by atoms with E-state index in [1.165, 1.54) is 5.01 Å². The van der Waals surface area contributed by atoms with E-state index >= 15 is 0 Å². The molecule has 3 N–H and O–H groups in total. The van der Waals surface area contributed by atoms with E-state index in [1.807, 2.05) is 0 Å². The van der Waals surface area contributed by atoms with Crippen LogP contribution in [0.2, 0.25) is 10.0 Å². The monoisotopic (exact) mass is 391 g/mol. The summed E-state index contributed by atoms with van der Waals surface area (Å²) in [4.78, 5) is 24.0. The van der Waals surface area contributed by atoms with Gasteiger partial charge in [0.1, 0.15) is 6.04 Å². The third-order valence-electron chi connectivity index (χ3n) is 4.17. The number of anilines is 1. The Kier molecular flexibility index (Phi) is 4.80. The Morgan fingerprint density at radius 3 is 2.23 bits per heavy atom. The largest absolute Gasteiger partial charge is 0.477 e. The molecule has 0 aromatic heterocycles. The Morgan fingerprint density at radius 2 is 1.69 bits per heavy atom. The number of nitrogens with two attached hydrogens (primary N) is 1. The minimum Gasteiger partial charge on any atom is -0.477 e. The van der Waals surface area contributed by atoms with Crippen LogP contribution in [-0.4, -0.2) is 29.0 Å². The number of carboxylic acid groups (broad SMARTS) is 1. The Bertz CT molecular complexity index is 912. The first-order chi connectivity index (χ1) is 12.3. The topological polar surface area (TPSA) is 86.9 Å². The van der Waals surface area contributed by atoms with Crippen molar-refractivity contribution < 1.29 is 14.7 Å². The molecule has 1 unspecified atom stereocenters. The van der Waals surface area contributed by atoms with Gasteiger partial charge in [-0.2, -0.15) is 0 Å². The van der Waals surface area contributed by atoms with Gasteiger partial charge in [-0.05, 0) is 29.8 Å². The van der Waals surface area contributed by atoms with Gasteiger partial charge < -0.3 is 10.8 Å². The fourth-order valence-corrected chi connectivity index (χ4v) is 3.45. The predicted molar refractivity (Wildman–Crippen MR) is 99.7 cm³/mol. The molecule has 3 rings (SSSR count). The summed E-state index contributed by atoms with van der Waals surface area (Å²) >= 11 is 12.3. The summed E-state index contributed by atoms with van der Waals surface area (Å²) in [6.07, 6.45) is 0. The smallest absolute Gasteiger partial charge is 0.354 e. The van der Waals surface area contributed by atoms with E-state index < -0.39 is 17.9 Å². The Hall–Kier alpha value is -2.70. The zero-order valence-corrected chi connectivity index (χ0v) is 15.2. The Morgan fingerprint density at radius 1 is 1.08 bits per heavy atom. The quantitative estimate of drug-likeness (QED) is 0.835. The fourth-order valence-electron chi connectivity index (χ4n) is 3.10. The zero-order valence-electron chi connectivity index (χ0n) is 13.7. The summed E-state index contributed by atoms with van der Waals surface area (Å²) in [6.45, 7) is 0. The molecule has 0 bridgehead atoms. The molecule has 134 valence electrons. The maximum Gasteiger partial charge on any atom is 0.354 e. The number of hydrazine groups is 1. The van der Waals surface area contributed by atoms with Crippen LogP contribution in [0.3, 0.4) is 0 Å². The van der Waals surface area contributed by atoms with Crippen molar-refractivity contribution in [2.75, 3.05) is 12.1 Å². The number of hydrogen-bond donors (Lipinski definition) is 2. The number of rotatable bonds is 4. The van der Waals surface area contributed by atoms with E-state index in [1.54, 1.807) is 60.6 Å². The van der Waals surface area contributed by atoms with Crippen molar-refractivity contribution in [3.05, 3.63) is 75.4 Å². The molecule has 0 saturated carbocycles. The first-order valence-corrected chi connectivity index (χ1v) is 8.38. The fraction of sp³-hybridized carbons (Fsp3) is 0.111. The minimum absolute atomic E-state index is 0.0257. The van der Waals surface area contributed by atoms with Crippen LogP contribution in [-0.2, 0) is 9.59 Å². The van der Waals surface area contributed by atoms with E-state index in [4.69, 9.17) is 28.9 Å². The number of primary amides is 1. The number of aliphatic carboxylic acids is 1. The highest BCUT2D eigenvalue weighted by Crippen LogP contribution is 2.44. The average Bonchev–Trinajstić information content (AvgIpc) is 2.89. The van der Waals surface area contributed by atoms with E-state index in [0.29, 0.717) is 21.3 Å². The molecule has 6 nitrogen and oxygen atoms in total. The van der Waals surface area contributed by atoms with Gasteiger partial charge in [-0.25, -0.2) is 4.79 Å².